The molecule has 2 aromatic rings. The Morgan fingerprint density at radius 3 is 2.73 bits per heavy atom. The van der Waals surface area contributed by atoms with Crippen LogP contribution in [-0.2, 0) is 11.8 Å². The van der Waals surface area contributed by atoms with E-state index in [9.17, 15) is 9.59 Å². The summed E-state index contributed by atoms with van der Waals surface area (Å²) in [4.78, 5) is 23.3. The highest BCUT2D eigenvalue weighted by Gasteiger charge is 2.20. The number of amides is 3. The van der Waals surface area contributed by atoms with Gasteiger partial charge in [-0.1, -0.05) is 29.8 Å². The molecule has 0 saturated carbocycles. The molecule has 1 aromatic carbocycles. The Bertz CT molecular complexity index is 685. The fourth-order valence-corrected chi connectivity index (χ4v) is 2.32. The molecule has 4 N–H and O–H groups in total. The normalized spacial score (nSPS) is 11.7. The van der Waals surface area contributed by atoms with Crippen molar-refractivity contribution in [2.24, 2.45) is 12.8 Å². The molecule has 3 amide bonds. The minimum atomic E-state index is -0.723. The van der Waals surface area contributed by atoms with Crippen LogP contribution in [0.25, 0.3) is 0 Å². The van der Waals surface area contributed by atoms with E-state index in [1.165, 1.54) is 6.20 Å². The average molecular weight is 322 g/mol. The first-order valence-corrected chi connectivity index (χ1v) is 6.92. The molecule has 0 aliphatic heterocycles. The van der Waals surface area contributed by atoms with Gasteiger partial charge >= 0.3 is 6.03 Å². The summed E-state index contributed by atoms with van der Waals surface area (Å²) in [5, 5.41) is 9.64. The summed E-state index contributed by atoms with van der Waals surface area (Å²) >= 11 is 6.11. The molecule has 0 saturated heterocycles. The molecule has 0 fully saturated rings. The van der Waals surface area contributed by atoms with Gasteiger partial charge in [0.25, 0.3) is 0 Å². The highest BCUT2D eigenvalue weighted by atomic mass is 35.5. The topological polar surface area (TPSA) is 102 Å². The Labute approximate surface area is 132 Å². The molecule has 1 aromatic heterocycles. The number of carbonyl (C=O) groups excluding carboxylic acids is 2. The third kappa shape index (κ3) is 4.23. The molecule has 22 heavy (non-hydrogen) atoms. The third-order valence-electron chi connectivity index (χ3n) is 2.98. The quantitative estimate of drug-likeness (QED) is 0.782. The van der Waals surface area contributed by atoms with Gasteiger partial charge in [-0.2, -0.15) is 5.10 Å². The van der Waals surface area contributed by atoms with E-state index in [0.717, 1.165) is 0 Å². The Morgan fingerprint density at radius 2 is 2.14 bits per heavy atom. The van der Waals surface area contributed by atoms with Crippen LogP contribution in [0.2, 0.25) is 5.02 Å². The van der Waals surface area contributed by atoms with Crippen molar-refractivity contribution in [3.05, 3.63) is 47.2 Å². The van der Waals surface area contributed by atoms with Crippen LogP contribution in [0.3, 0.4) is 0 Å². The summed E-state index contributed by atoms with van der Waals surface area (Å²) in [6.45, 7) is 0. The van der Waals surface area contributed by atoms with Crippen molar-refractivity contribution in [1.82, 2.24) is 15.1 Å². The molecule has 0 bridgehead atoms. The van der Waals surface area contributed by atoms with E-state index in [0.29, 0.717) is 16.3 Å². The van der Waals surface area contributed by atoms with Gasteiger partial charge < -0.3 is 16.4 Å². The maximum absolute atomic E-state index is 12.1. The summed E-state index contributed by atoms with van der Waals surface area (Å²) in [5.41, 5.74) is 6.38. The monoisotopic (exact) mass is 321 g/mol. The number of aromatic nitrogens is 2. The van der Waals surface area contributed by atoms with Gasteiger partial charge in [-0.3, -0.25) is 9.48 Å². The maximum atomic E-state index is 12.1. The van der Waals surface area contributed by atoms with Crippen molar-refractivity contribution in [2.45, 2.75) is 12.5 Å². The minimum Gasteiger partial charge on any atom is -0.352 e. The molecule has 0 unspecified atom stereocenters. The lowest BCUT2D eigenvalue weighted by Crippen LogP contribution is -2.35. The van der Waals surface area contributed by atoms with Crippen LogP contribution in [0, 0.1) is 0 Å². The summed E-state index contributed by atoms with van der Waals surface area (Å²) in [6, 6.07) is 5.63. The number of nitrogens with zero attached hydrogens (tertiary/aromatic N) is 2. The summed E-state index contributed by atoms with van der Waals surface area (Å²) in [5.74, 6) is -0.285. The van der Waals surface area contributed by atoms with Crippen LogP contribution < -0.4 is 16.4 Å². The number of rotatable bonds is 5. The number of benzene rings is 1. The van der Waals surface area contributed by atoms with Crippen LogP contribution in [0.4, 0.5) is 10.5 Å². The second kappa shape index (κ2) is 6.95. The smallest absolute Gasteiger partial charge is 0.312 e. The number of anilines is 1. The predicted molar refractivity (Wildman–Crippen MR) is 83.4 cm³/mol. The molecule has 2 rings (SSSR count). The number of hydrogen-bond acceptors (Lipinski definition) is 3. The Morgan fingerprint density at radius 1 is 1.41 bits per heavy atom. The van der Waals surface area contributed by atoms with E-state index >= 15 is 0 Å². The summed E-state index contributed by atoms with van der Waals surface area (Å²) in [6.07, 6.45) is 3.20. The van der Waals surface area contributed by atoms with Gasteiger partial charge in [0.2, 0.25) is 5.91 Å². The predicted octanol–water partition coefficient (Wildman–Crippen LogP) is 1.81. The van der Waals surface area contributed by atoms with E-state index in [1.54, 1.807) is 42.2 Å². The summed E-state index contributed by atoms with van der Waals surface area (Å²) in [7, 11) is 1.75. The Kier molecular flexibility index (Phi) is 5.00. The van der Waals surface area contributed by atoms with Crippen LogP contribution in [0.15, 0.2) is 36.7 Å². The molecule has 0 aliphatic rings. The molecule has 7 nitrogen and oxygen atoms in total. The van der Waals surface area contributed by atoms with Crippen molar-refractivity contribution in [2.75, 3.05) is 5.32 Å². The number of primary amides is 1. The fraction of sp³-hybridized carbons (Fsp3) is 0.214. The van der Waals surface area contributed by atoms with Crippen LogP contribution in [0.5, 0.6) is 0 Å². The number of hydrogen-bond donors (Lipinski definition) is 3. The van der Waals surface area contributed by atoms with Gasteiger partial charge in [-0.15, -0.1) is 0 Å². The average Bonchev–Trinajstić information content (AvgIpc) is 2.83. The zero-order chi connectivity index (χ0) is 16.1. The Balaban J connectivity index is 2.11. The van der Waals surface area contributed by atoms with Gasteiger partial charge in [0, 0.05) is 18.3 Å². The second-order valence-electron chi connectivity index (χ2n) is 4.74. The van der Waals surface area contributed by atoms with E-state index in [-0.39, 0.29) is 12.3 Å². The molecule has 8 heteroatoms. The SMILES string of the molecule is Cn1cc(NC(=O)C[C@@H](NC(N)=O)c2ccccc2Cl)cn1. The van der Waals surface area contributed by atoms with E-state index < -0.39 is 12.1 Å². The lowest BCUT2D eigenvalue weighted by Gasteiger charge is -2.18. The molecule has 0 spiro atoms. The number of nitrogens with two attached hydrogens (primary N) is 1. The lowest BCUT2D eigenvalue weighted by molar-refractivity contribution is -0.116. The second-order valence-corrected chi connectivity index (χ2v) is 5.14. The number of carbonyl (C=O) groups is 2. The van der Waals surface area contributed by atoms with Gasteiger partial charge in [-0.25, -0.2) is 4.79 Å². The van der Waals surface area contributed by atoms with Crippen LogP contribution in [0.1, 0.15) is 18.0 Å². The van der Waals surface area contributed by atoms with Crippen LogP contribution in [-0.4, -0.2) is 21.7 Å². The molecule has 0 aliphatic carbocycles. The Hall–Kier alpha value is -2.54. The zero-order valence-electron chi connectivity index (χ0n) is 11.9. The van der Waals surface area contributed by atoms with Gasteiger partial charge in [0.1, 0.15) is 0 Å². The molecule has 0 radical (unpaired) electrons. The highest BCUT2D eigenvalue weighted by Crippen LogP contribution is 2.25. The molecule has 1 atom stereocenters. The third-order valence-corrected chi connectivity index (χ3v) is 3.32. The van der Waals surface area contributed by atoms with E-state index in [2.05, 4.69) is 15.7 Å². The molecule has 116 valence electrons. The number of aryl methyl sites for hydroxylation is 1. The number of halogens is 1. The van der Waals surface area contributed by atoms with Crippen molar-refractivity contribution < 1.29 is 9.59 Å². The van der Waals surface area contributed by atoms with Gasteiger partial charge in [0.05, 0.1) is 24.3 Å². The summed E-state index contributed by atoms with van der Waals surface area (Å²) < 4.78 is 1.57. The van der Waals surface area contributed by atoms with Gasteiger partial charge in [-0.05, 0) is 11.6 Å². The zero-order valence-corrected chi connectivity index (χ0v) is 12.7. The minimum absolute atomic E-state index is 0.00156. The first kappa shape index (κ1) is 15.8. The fourth-order valence-electron chi connectivity index (χ4n) is 2.05. The van der Waals surface area contributed by atoms with E-state index in [4.69, 9.17) is 17.3 Å². The van der Waals surface area contributed by atoms with Crippen molar-refractivity contribution in [3.63, 3.8) is 0 Å². The number of nitrogens with one attached hydrogen (secondary N) is 2. The number of urea groups is 1. The van der Waals surface area contributed by atoms with E-state index in [1.807, 2.05) is 0 Å². The van der Waals surface area contributed by atoms with Crippen LogP contribution >= 0.6 is 11.6 Å². The van der Waals surface area contributed by atoms with Crippen molar-refractivity contribution >= 4 is 29.2 Å². The first-order valence-electron chi connectivity index (χ1n) is 6.54. The van der Waals surface area contributed by atoms with Crippen molar-refractivity contribution in [3.8, 4) is 0 Å². The standard InChI is InChI=1S/C14H16ClN5O2/c1-20-8-9(7-17-20)18-13(21)6-12(19-14(16)22)10-4-2-3-5-11(10)15/h2-5,7-8,12H,6H2,1H3,(H,18,21)(H3,16,19,22)/t12-/m1/s1. The van der Waals surface area contributed by atoms with Crippen molar-refractivity contribution in [1.29, 1.82) is 0 Å². The molecule has 1 heterocycles. The first-order chi connectivity index (χ1) is 10.5. The maximum Gasteiger partial charge on any atom is 0.312 e. The lowest BCUT2D eigenvalue weighted by atomic mass is 10.0. The highest BCUT2D eigenvalue weighted by molar-refractivity contribution is 6.31. The molecular formula is C14H16ClN5O2. The largest absolute Gasteiger partial charge is 0.352 e. The van der Waals surface area contributed by atoms with Gasteiger partial charge in [0.15, 0.2) is 0 Å². The molecular weight excluding hydrogens is 306 g/mol.